The smallest absolute Gasteiger partial charge is 0.251 e. The Bertz CT molecular complexity index is 1190. The molecular formula is C25H27N3O4S. The zero-order valence-corrected chi connectivity index (χ0v) is 19.2. The minimum Gasteiger partial charge on any atom is -0.379 e. The van der Waals surface area contributed by atoms with Gasteiger partial charge in [-0.05, 0) is 42.8 Å². The Kier molecular flexibility index (Phi) is 7.08. The van der Waals surface area contributed by atoms with E-state index in [-0.39, 0.29) is 10.8 Å². The standard InChI is InChI=1S/C25H27N3O4S/c1-19-10-12-21(13-11-19)27-25(29)24(20-6-3-2-4-7-20)26-22-8-5-9-23(18-22)33(30,31)28-14-16-32-17-15-28/h2-13,18,24,26H,14-17H2,1H3,(H,27,29)/t24-/m1/s1. The summed E-state index contributed by atoms with van der Waals surface area (Å²) in [5.41, 5.74) is 3.10. The van der Waals surface area contributed by atoms with Gasteiger partial charge in [0.2, 0.25) is 10.0 Å². The molecule has 1 saturated heterocycles. The molecule has 1 fully saturated rings. The van der Waals surface area contributed by atoms with E-state index in [1.807, 2.05) is 61.5 Å². The summed E-state index contributed by atoms with van der Waals surface area (Å²) in [5, 5.41) is 6.17. The van der Waals surface area contributed by atoms with Crippen LogP contribution in [0.1, 0.15) is 17.2 Å². The minimum absolute atomic E-state index is 0.181. The van der Waals surface area contributed by atoms with Crippen LogP contribution >= 0.6 is 0 Å². The summed E-state index contributed by atoms with van der Waals surface area (Å²) in [4.78, 5) is 13.4. The van der Waals surface area contributed by atoms with Crippen molar-refractivity contribution >= 4 is 27.3 Å². The first-order valence-electron chi connectivity index (χ1n) is 10.8. The van der Waals surface area contributed by atoms with Gasteiger partial charge in [0.15, 0.2) is 0 Å². The van der Waals surface area contributed by atoms with Crippen molar-refractivity contribution in [3.05, 3.63) is 90.0 Å². The quantitative estimate of drug-likeness (QED) is 0.554. The minimum atomic E-state index is -3.65. The number of ether oxygens (including phenoxy) is 1. The lowest BCUT2D eigenvalue weighted by Gasteiger charge is -2.26. The van der Waals surface area contributed by atoms with Gasteiger partial charge in [-0.15, -0.1) is 0 Å². The molecule has 1 aliphatic heterocycles. The lowest BCUT2D eigenvalue weighted by atomic mass is 10.1. The van der Waals surface area contributed by atoms with Crippen molar-refractivity contribution < 1.29 is 17.9 Å². The van der Waals surface area contributed by atoms with Crippen LogP contribution in [0.25, 0.3) is 0 Å². The van der Waals surface area contributed by atoms with E-state index in [1.54, 1.807) is 24.3 Å². The third-order valence-electron chi connectivity index (χ3n) is 5.47. The number of hydrogen-bond acceptors (Lipinski definition) is 5. The summed E-state index contributed by atoms with van der Waals surface area (Å²) < 4.78 is 32.8. The first-order chi connectivity index (χ1) is 15.9. The van der Waals surface area contributed by atoms with E-state index in [9.17, 15) is 13.2 Å². The van der Waals surface area contributed by atoms with E-state index in [2.05, 4.69) is 10.6 Å². The molecule has 33 heavy (non-hydrogen) atoms. The molecule has 0 bridgehead atoms. The average molecular weight is 466 g/mol. The highest BCUT2D eigenvalue weighted by molar-refractivity contribution is 7.89. The Morgan fingerprint density at radius 2 is 1.61 bits per heavy atom. The highest BCUT2D eigenvalue weighted by atomic mass is 32.2. The molecule has 7 nitrogen and oxygen atoms in total. The molecule has 0 aromatic heterocycles. The van der Waals surface area contributed by atoms with E-state index in [0.29, 0.717) is 37.7 Å². The van der Waals surface area contributed by atoms with E-state index in [1.165, 1.54) is 4.31 Å². The second-order valence-corrected chi connectivity index (χ2v) is 9.83. The summed E-state index contributed by atoms with van der Waals surface area (Å²) >= 11 is 0. The van der Waals surface area contributed by atoms with Crippen molar-refractivity contribution in [2.75, 3.05) is 36.9 Å². The van der Waals surface area contributed by atoms with Crippen LogP contribution in [0.2, 0.25) is 0 Å². The Morgan fingerprint density at radius 1 is 0.909 bits per heavy atom. The predicted molar refractivity (Wildman–Crippen MR) is 129 cm³/mol. The number of rotatable bonds is 7. The van der Waals surface area contributed by atoms with E-state index in [4.69, 9.17) is 4.74 Å². The normalized spacial score (nSPS) is 15.5. The summed E-state index contributed by atoms with van der Waals surface area (Å²) in [5.74, 6) is -0.244. The number of carbonyl (C=O) groups excluding carboxylic acids is 1. The predicted octanol–water partition coefficient (Wildman–Crippen LogP) is 3.81. The fourth-order valence-corrected chi connectivity index (χ4v) is 5.10. The van der Waals surface area contributed by atoms with Crippen molar-refractivity contribution in [3.8, 4) is 0 Å². The monoisotopic (exact) mass is 465 g/mol. The molecule has 1 heterocycles. The van der Waals surface area contributed by atoms with Gasteiger partial charge in [0.25, 0.3) is 5.91 Å². The molecule has 172 valence electrons. The van der Waals surface area contributed by atoms with Gasteiger partial charge in [-0.25, -0.2) is 8.42 Å². The van der Waals surface area contributed by atoms with Crippen molar-refractivity contribution in [2.24, 2.45) is 0 Å². The molecule has 0 aliphatic carbocycles. The van der Waals surface area contributed by atoms with Gasteiger partial charge in [-0.1, -0.05) is 54.1 Å². The first kappa shape index (κ1) is 23.0. The van der Waals surface area contributed by atoms with Gasteiger partial charge in [-0.3, -0.25) is 4.79 Å². The lowest BCUT2D eigenvalue weighted by molar-refractivity contribution is -0.117. The second kappa shape index (κ2) is 10.2. The van der Waals surface area contributed by atoms with Crippen LogP contribution in [-0.2, 0) is 19.6 Å². The molecule has 0 unspecified atom stereocenters. The van der Waals surface area contributed by atoms with E-state index >= 15 is 0 Å². The van der Waals surface area contributed by atoms with Crippen LogP contribution in [0.3, 0.4) is 0 Å². The zero-order valence-electron chi connectivity index (χ0n) is 18.4. The number of nitrogens with one attached hydrogen (secondary N) is 2. The van der Waals surface area contributed by atoms with Gasteiger partial charge in [0, 0.05) is 24.5 Å². The Hall–Kier alpha value is -3.20. The lowest BCUT2D eigenvalue weighted by Crippen LogP contribution is -2.40. The largest absolute Gasteiger partial charge is 0.379 e. The van der Waals surface area contributed by atoms with E-state index < -0.39 is 16.1 Å². The maximum absolute atomic E-state index is 13.2. The topological polar surface area (TPSA) is 87.7 Å². The van der Waals surface area contributed by atoms with Crippen LogP contribution in [0.4, 0.5) is 11.4 Å². The van der Waals surface area contributed by atoms with Crippen molar-refractivity contribution in [1.82, 2.24) is 4.31 Å². The van der Waals surface area contributed by atoms with Crippen LogP contribution in [0.15, 0.2) is 83.8 Å². The first-order valence-corrected chi connectivity index (χ1v) is 12.2. The molecule has 2 N–H and O–H groups in total. The summed E-state index contributed by atoms with van der Waals surface area (Å²) in [7, 11) is -3.65. The number of benzene rings is 3. The third kappa shape index (κ3) is 5.60. The molecule has 0 spiro atoms. The highest BCUT2D eigenvalue weighted by Gasteiger charge is 2.27. The number of anilines is 2. The Balaban J connectivity index is 1.59. The number of carbonyl (C=O) groups is 1. The number of morpholine rings is 1. The number of sulfonamides is 1. The molecule has 4 rings (SSSR count). The van der Waals surface area contributed by atoms with Gasteiger partial charge < -0.3 is 15.4 Å². The molecule has 1 aliphatic rings. The maximum atomic E-state index is 13.2. The molecular weight excluding hydrogens is 438 g/mol. The van der Waals surface area contributed by atoms with Crippen LogP contribution < -0.4 is 10.6 Å². The van der Waals surface area contributed by atoms with Gasteiger partial charge in [0.05, 0.1) is 18.1 Å². The van der Waals surface area contributed by atoms with Crippen LogP contribution in [-0.4, -0.2) is 44.9 Å². The number of amides is 1. The van der Waals surface area contributed by atoms with E-state index in [0.717, 1.165) is 11.1 Å². The molecule has 3 aromatic carbocycles. The van der Waals surface area contributed by atoms with Crippen molar-refractivity contribution in [1.29, 1.82) is 0 Å². The van der Waals surface area contributed by atoms with Crippen LogP contribution in [0, 0.1) is 6.92 Å². The summed E-state index contributed by atoms with van der Waals surface area (Å²) in [6.07, 6.45) is 0. The average Bonchev–Trinajstić information content (AvgIpc) is 2.85. The SMILES string of the molecule is Cc1ccc(NC(=O)[C@H](Nc2cccc(S(=O)(=O)N3CCOCC3)c2)c2ccccc2)cc1. The fraction of sp³-hybridized carbons (Fsp3) is 0.240. The summed E-state index contributed by atoms with van der Waals surface area (Å²) in [6.45, 7) is 3.40. The molecule has 1 amide bonds. The zero-order chi connectivity index (χ0) is 23.3. The van der Waals surface area contributed by atoms with Crippen LogP contribution in [0.5, 0.6) is 0 Å². The maximum Gasteiger partial charge on any atom is 0.251 e. The van der Waals surface area contributed by atoms with Gasteiger partial charge >= 0.3 is 0 Å². The highest BCUT2D eigenvalue weighted by Crippen LogP contribution is 2.25. The number of aryl methyl sites for hydroxylation is 1. The van der Waals surface area contributed by atoms with Gasteiger partial charge in [-0.2, -0.15) is 4.31 Å². The summed E-state index contributed by atoms with van der Waals surface area (Å²) in [6, 6.07) is 22.8. The number of hydrogen-bond donors (Lipinski definition) is 2. The molecule has 0 saturated carbocycles. The third-order valence-corrected chi connectivity index (χ3v) is 7.36. The number of nitrogens with zero attached hydrogens (tertiary/aromatic N) is 1. The molecule has 1 atom stereocenters. The molecule has 0 radical (unpaired) electrons. The Morgan fingerprint density at radius 3 is 2.30 bits per heavy atom. The fourth-order valence-electron chi connectivity index (χ4n) is 3.65. The second-order valence-electron chi connectivity index (χ2n) is 7.89. The Labute approximate surface area is 194 Å². The molecule has 8 heteroatoms. The van der Waals surface area contributed by atoms with Crippen molar-refractivity contribution in [2.45, 2.75) is 17.9 Å². The van der Waals surface area contributed by atoms with Crippen molar-refractivity contribution in [3.63, 3.8) is 0 Å². The van der Waals surface area contributed by atoms with Gasteiger partial charge in [0.1, 0.15) is 6.04 Å². The molecule has 3 aromatic rings.